The van der Waals surface area contributed by atoms with Gasteiger partial charge >= 0.3 is 0 Å². The first kappa shape index (κ1) is 14.1. The first-order chi connectivity index (χ1) is 9.11. The van der Waals surface area contributed by atoms with Gasteiger partial charge in [-0.1, -0.05) is 18.5 Å². The van der Waals surface area contributed by atoms with E-state index in [2.05, 4.69) is 17.2 Å². The van der Waals surface area contributed by atoms with Crippen LogP contribution in [0.3, 0.4) is 0 Å². The molecule has 1 aromatic rings. The second-order valence-electron chi connectivity index (χ2n) is 5.11. The fourth-order valence-electron chi connectivity index (χ4n) is 1.92. The minimum Gasteiger partial charge on any atom is -0.369 e. The molecule has 0 aromatic carbocycles. The molecule has 0 saturated heterocycles. The molecular formula is C14H20ClN3O. The van der Waals surface area contributed by atoms with E-state index in [9.17, 15) is 4.79 Å². The van der Waals surface area contributed by atoms with Crippen molar-refractivity contribution in [2.75, 3.05) is 25.5 Å². The number of hydrogen-bond acceptors (Lipinski definition) is 3. The summed E-state index contributed by atoms with van der Waals surface area (Å²) in [5, 5.41) is 3.63. The standard InChI is InChI=1S/C14H20ClN3O/c1-3-6-16-13-12(15)7-11(8-17-13)14(19)18(2)9-10-4-5-10/h7-8,10H,3-6,9H2,1-2H3,(H,16,17). The van der Waals surface area contributed by atoms with Gasteiger partial charge in [0.25, 0.3) is 5.91 Å². The summed E-state index contributed by atoms with van der Waals surface area (Å²) in [4.78, 5) is 18.2. The number of carbonyl (C=O) groups excluding carboxylic acids is 1. The van der Waals surface area contributed by atoms with E-state index in [1.807, 2.05) is 7.05 Å². The molecule has 0 radical (unpaired) electrons. The third-order valence-electron chi connectivity index (χ3n) is 3.21. The number of aromatic nitrogens is 1. The van der Waals surface area contributed by atoms with E-state index >= 15 is 0 Å². The van der Waals surface area contributed by atoms with Gasteiger partial charge in [0.05, 0.1) is 10.6 Å². The van der Waals surface area contributed by atoms with Crippen LogP contribution >= 0.6 is 11.6 Å². The molecule has 5 heteroatoms. The Bertz CT molecular complexity index is 460. The summed E-state index contributed by atoms with van der Waals surface area (Å²) in [6.07, 6.45) is 5.06. The molecule has 19 heavy (non-hydrogen) atoms. The van der Waals surface area contributed by atoms with Crippen molar-refractivity contribution < 1.29 is 4.79 Å². The van der Waals surface area contributed by atoms with Crippen molar-refractivity contribution in [2.45, 2.75) is 26.2 Å². The van der Waals surface area contributed by atoms with Crippen LogP contribution in [0.4, 0.5) is 5.82 Å². The van der Waals surface area contributed by atoms with Crippen LogP contribution in [0.15, 0.2) is 12.3 Å². The molecule has 4 nitrogen and oxygen atoms in total. The Morgan fingerprint density at radius 1 is 1.58 bits per heavy atom. The van der Waals surface area contributed by atoms with Crippen molar-refractivity contribution in [1.82, 2.24) is 9.88 Å². The van der Waals surface area contributed by atoms with Crippen molar-refractivity contribution in [2.24, 2.45) is 5.92 Å². The Labute approximate surface area is 119 Å². The zero-order valence-electron chi connectivity index (χ0n) is 11.4. The number of amides is 1. The Balaban J connectivity index is 2.03. The highest BCUT2D eigenvalue weighted by Gasteiger charge is 2.25. The number of rotatable bonds is 6. The van der Waals surface area contributed by atoms with Gasteiger partial charge < -0.3 is 10.2 Å². The van der Waals surface area contributed by atoms with Crippen LogP contribution in [0.1, 0.15) is 36.5 Å². The highest BCUT2D eigenvalue weighted by molar-refractivity contribution is 6.33. The zero-order valence-corrected chi connectivity index (χ0v) is 12.2. The lowest BCUT2D eigenvalue weighted by atomic mass is 10.2. The second kappa shape index (κ2) is 6.24. The number of nitrogens with one attached hydrogen (secondary N) is 1. The van der Waals surface area contributed by atoms with Crippen LogP contribution in [0.25, 0.3) is 0 Å². The highest BCUT2D eigenvalue weighted by Crippen LogP contribution is 2.30. The summed E-state index contributed by atoms with van der Waals surface area (Å²) in [7, 11) is 1.83. The lowest BCUT2D eigenvalue weighted by Gasteiger charge is -2.17. The van der Waals surface area contributed by atoms with Gasteiger partial charge in [-0.05, 0) is 31.2 Å². The third kappa shape index (κ3) is 3.83. The van der Waals surface area contributed by atoms with Crippen molar-refractivity contribution >= 4 is 23.3 Å². The molecule has 1 aliphatic carbocycles. The fourth-order valence-corrected chi connectivity index (χ4v) is 2.15. The number of nitrogens with zero attached hydrogens (tertiary/aromatic N) is 2. The monoisotopic (exact) mass is 281 g/mol. The smallest absolute Gasteiger partial charge is 0.255 e. The number of anilines is 1. The van der Waals surface area contributed by atoms with Crippen LogP contribution in [0, 0.1) is 5.92 Å². The number of pyridine rings is 1. The maximum Gasteiger partial charge on any atom is 0.255 e. The Hall–Kier alpha value is -1.29. The Morgan fingerprint density at radius 3 is 2.89 bits per heavy atom. The minimum absolute atomic E-state index is 0.0108. The van der Waals surface area contributed by atoms with Crippen molar-refractivity contribution in [3.05, 3.63) is 22.8 Å². The topological polar surface area (TPSA) is 45.2 Å². The molecule has 1 heterocycles. The van der Waals surface area contributed by atoms with Crippen LogP contribution < -0.4 is 5.32 Å². The van der Waals surface area contributed by atoms with E-state index in [-0.39, 0.29) is 5.91 Å². The van der Waals surface area contributed by atoms with Gasteiger partial charge in [0.1, 0.15) is 5.82 Å². The summed E-state index contributed by atoms with van der Waals surface area (Å²) in [6, 6.07) is 1.69. The molecule has 1 saturated carbocycles. The minimum atomic E-state index is -0.0108. The number of halogens is 1. The Morgan fingerprint density at radius 2 is 2.32 bits per heavy atom. The van der Waals surface area contributed by atoms with E-state index < -0.39 is 0 Å². The van der Waals surface area contributed by atoms with Gasteiger partial charge in [0.2, 0.25) is 0 Å². The summed E-state index contributed by atoms with van der Waals surface area (Å²) < 4.78 is 0. The predicted molar refractivity (Wildman–Crippen MR) is 77.7 cm³/mol. The lowest BCUT2D eigenvalue weighted by Crippen LogP contribution is -2.28. The van der Waals surface area contributed by atoms with Crippen LogP contribution in [0.5, 0.6) is 0 Å². The highest BCUT2D eigenvalue weighted by atomic mass is 35.5. The summed E-state index contributed by atoms with van der Waals surface area (Å²) >= 11 is 6.14. The first-order valence-electron chi connectivity index (χ1n) is 6.76. The molecule has 0 bridgehead atoms. The third-order valence-corrected chi connectivity index (χ3v) is 3.49. The van der Waals surface area contributed by atoms with Gasteiger partial charge in [-0.15, -0.1) is 0 Å². The van der Waals surface area contributed by atoms with Gasteiger partial charge in [0, 0.05) is 26.3 Å². The van der Waals surface area contributed by atoms with E-state index in [1.54, 1.807) is 17.2 Å². The van der Waals surface area contributed by atoms with E-state index in [0.717, 1.165) is 19.5 Å². The molecule has 0 spiro atoms. The van der Waals surface area contributed by atoms with Gasteiger partial charge in [0.15, 0.2) is 0 Å². The van der Waals surface area contributed by atoms with E-state index in [1.165, 1.54) is 12.8 Å². The SMILES string of the molecule is CCCNc1ncc(C(=O)N(C)CC2CC2)cc1Cl. The summed E-state index contributed by atoms with van der Waals surface area (Å²) in [5.74, 6) is 1.32. The zero-order chi connectivity index (χ0) is 13.8. The molecule has 1 aliphatic rings. The maximum atomic E-state index is 12.2. The van der Waals surface area contributed by atoms with Crippen LogP contribution in [-0.2, 0) is 0 Å². The molecule has 0 atom stereocenters. The average Bonchev–Trinajstić information content (AvgIpc) is 3.20. The number of hydrogen-bond donors (Lipinski definition) is 1. The summed E-state index contributed by atoms with van der Waals surface area (Å²) in [5.41, 5.74) is 0.551. The number of carbonyl (C=O) groups is 1. The first-order valence-corrected chi connectivity index (χ1v) is 7.14. The molecular weight excluding hydrogens is 262 g/mol. The quantitative estimate of drug-likeness (QED) is 0.872. The van der Waals surface area contributed by atoms with E-state index in [4.69, 9.17) is 11.6 Å². The summed E-state index contributed by atoms with van der Waals surface area (Å²) in [6.45, 7) is 3.72. The normalized spacial score (nSPS) is 14.3. The Kier molecular flexibility index (Phi) is 4.64. The van der Waals surface area contributed by atoms with Crippen LogP contribution in [-0.4, -0.2) is 35.9 Å². The van der Waals surface area contributed by atoms with Gasteiger partial charge in [-0.2, -0.15) is 0 Å². The van der Waals surface area contributed by atoms with Crippen molar-refractivity contribution in [1.29, 1.82) is 0 Å². The predicted octanol–water partition coefficient (Wildman–Crippen LogP) is 3.04. The molecule has 1 amide bonds. The molecule has 0 aliphatic heterocycles. The fraction of sp³-hybridized carbons (Fsp3) is 0.571. The second-order valence-corrected chi connectivity index (χ2v) is 5.52. The maximum absolute atomic E-state index is 12.2. The molecule has 2 rings (SSSR count). The van der Waals surface area contributed by atoms with E-state index in [0.29, 0.717) is 22.3 Å². The van der Waals surface area contributed by atoms with Crippen molar-refractivity contribution in [3.8, 4) is 0 Å². The molecule has 1 N–H and O–H groups in total. The molecule has 0 unspecified atom stereocenters. The van der Waals surface area contributed by atoms with Crippen molar-refractivity contribution in [3.63, 3.8) is 0 Å². The lowest BCUT2D eigenvalue weighted by molar-refractivity contribution is 0.0788. The average molecular weight is 282 g/mol. The van der Waals surface area contributed by atoms with Crippen LogP contribution in [0.2, 0.25) is 5.02 Å². The largest absolute Gasteiger partial charge is 0.369 e. The molecule has 1 fully saturated rings. The van der Waals surface area contributed by atoms with Gasteiger partial charge in [-0.25, -0.2) is 4.98 Å². The van der Waals surface area contributed by atoms with Gasteiger partial charge in [-0.3, -0.25) is 4.79 Å². The molecule has 1 aromatic heterocycles. The molecule has 104 valence electrons.